The molecule has 0 aromatic heterocycles. The number of benzene rings is 1. The molecule has 2 fully saturated rings. The fourth-order valence-corrected chi connectivity index (χ4v) is 3.51. The third kappa shape index (κ3) is 3.47. The lowest BCUT2D eigenvalue weighted by atomic mass is 9.94. The number of hydrogen-bond acceptors (Lipinski definition) is 3. The maximum absolute atomic E-state index is 11.5. The van der Waals surface area contributed by atoms with Crippen LogP contribution in [0.15, 0.2) is 30.3 Å². The Morgan fingerprint density at radius 1 is 1.18 bits per heavy atom. The minimum Gasteiger partial charge on any atom is -0.329 e. The molecule has 1 aliphatic heterocycles. The molecule has 22 heavy (non-hydrogen) atoms. The molecule has 0 spiro atoms. The van der Waals surface area contributed by atoms with Crippen molar-refractivity contribution < 1.29 is 9.59 Å². The summed E-state index contributed by atoms with van der Waals surface area (Å²) in [7, 11) is 0. The number of rotatable bonds is 6. The smallest absolute Gasteiger partial charge is 0.324 e. The fraction of sp³-hybridized carbons (Fsp3) is 0.529. The zero-order chi connectivity index (χ0) is 15.4. The van der Waals surface area contributed by atoms with Crippen molar-refractivity contribution in [3.63, 3.8) is 0 Å². The molecule has 3 rings (SSSR count). The number of carbonyl (C=O) groups excluding carboxylic acids is 2. The van der Waals surface area contributed by atoms with Crippen LogP contribution < -0.4 is 10.6 Å². The molecule has 0 radical (unpaired) electrons. The Kier molecular flexibility index (Phi) is 4.73. The fourth-order valence-electron chi connectivity index (χ4n) is 3.51. The summed E-state index contributed by atoms with van der Waals surface area (Å²) in [6.07, 6.45) is 4.77. The van der Waals surface area contributed by atoms with Crippen molar-refractivity contribution in [1.29, 1.82) is 0 Å². The van der Waals surface area contributed by atoms with Gasteiger partial charge in [-0.05, 0) is 30.7 Å². The summed E-state index contributed by atoms with van der Waals surface area (Å²) in [4.78, 5) is 24.3. The first-order valence-electron chi connectivity index (χ1n) is 8.09. The van der Waals surface area contributed by atoms with Gasteiger partial charge in [0.05, 0.1) is 6.54 Å². The van der Waals surface area contributed by atoms with Crippen LogP contribution in [-0.2, 0) is 11.2 Å². The van der Waals surface area contributed by atoms with Crippen molar-refractivity contribution in [2.24, 2.45) is 5.92 Å². The van der Waals surface area contributed by atoms with Crippen LogP contribution in [0, 0.1) is 5.92 Å². The van der Waals surface area contributed by atoms with Gasteiger partial charge in [-0.3, -0.25) is 9.69 Å². The third-order valence-electron chi connectivity index (χ3n) is 4.68. The lowest BCUT2D eigenvalue weighted by Gasteiger charge is -2.22. The molecule has 3 amide bonds. The van der Waals surface area contributed by atoms with E-state index in [1.54, 1.807) is 0 Å². The minimum atomic E-state index is -0.265. The van der Waals surface area contributed by atoms with Crippen molar-refractivity contribution in [2.75, 3.05) is 19.6 Å². The van der Waals surface area contributed by atoms with Gasteiger partial charge in [0.2, 0.25) is 5.91 Å². The van der Waals surface area contributed by atoms with E-state index in [0.29, 0.717) is 25.0 Å². The van der Waals surface area contributed by atoms with Crippen molar-refractivity contribution in [3.05, 3.63) is 35.9 Å². The van der Waals surface area contributed by atoms with Gasteiger partial charge in [-0.1, -0.05) is 36.8 Å². The Morgan fingerprint density at radius 2 is 2.00 bits per heavy atom. The highest BCUT2D eigenvalue weighted by molar-refractivity contribution is 6.01. The summed E-state index contributed by atoms with van der Waals surface area (Å²) in [6, 6.07) is 10.8. The Labute approximate surface area is 131 Å². The third-order valence-corrected chi connectivity index (χ3v) is 4.68. The summed E-state index contributed by atoms with van der Waals surface area (Å²) >= 11 is 0. The number of hydrogen-bond donors (Lipinski definition) is 2. The second kappa shape index (κ2) is 6.92. The molecule has 5 nitrogen and oxygen atoms in total. The van der Waals surface area contributed by atoms with E-state index in [2.05, 4.69) is 34.9 Å². The Balaban J connectivity index is 1.47. The van der Waals surface area contributed by atoms with Gasteiger partial charge in [-0.25, -0.2) is 4.79 Å². The van der Waals surface area contributed by atoms with Gasteiger partial charge in [0, 0.05) is 19.1 Å². The first-order valence-corrected chi connectivity index (χ1v) is 8.09. The SMILES string of the molecule is O=C1CNC(=O)N1CCNC1CCCC1Cc1ccccc1. The van der Waals surface area contributed by atoms with Gasteiger partial charge in [-0.15, -0.1) is 0 Å². The van der Waals surface area contributed by atoms with E-state index in [1.807, 2.05) is 6.07 Å². The summed E-state index contributed by atoms with van der Waals surface area (Å²) in [6.45, 7) is 1.27. The first kappa shape index (κ1) is 15.0. The van der Waals surface area contributed by atoms with Gasteiger partial charge in [0.25, 0.3) is 0 Å². The zero-order valence-electron chi connectivity index (χ0n) is 12.8. The Morgan fingerprint density at radius 3 is 2.73 bits per heavy atom. The van der Waals surface area contributed by atoms with Crippen LogP contribution >= 0.6 is 0 Å². The van der Waals surface area contributed by atoms with Gasteiger partial charge >= 0.3 is 6.03 Å². The standard InChI is InChI=1S/C17H23N3O2/c21-16-12-19-17(22)20(16)10-9-18-15-8-4-7-14(15)11-13-5-2-1-3-6-13/h1-3,5-6,14-15,18H,4,7-12H2,(H,19,22). The van der Waals surface area contributed by atoms with Crippen LogP contribution in [0.3, 0.4) is 0 Å². The molecule has 0 bridgehead atoms. The van der Waals surface area contributed by atoms with E-state index in [-0.39, 0.29) is 18.5 Å². The average Bonchev–Trinajstić information content (AvgIpc) is 3.09. The van der Waals surface area contributed by atoms with Gasteiger partial charge in [-0.2, -0.15) is 0 Å². The van der Waals surface area contributed by atoms with Crippen LogP contribution in [0.4, 0.5) is 4.79 Å². The quantitative estimate of drug-likeness (QED) is 0.784. The molecule has 1 aliphatic carbocycles. The van der Waals surface area contributed by atoms with Crippen molar-refractivity contribution in [2.45, 2.75) is 31.7 Å². The van der Waals surface area contributed by atoms with Crippen LogP contribution in [0.2, 0.25) is 0 Å². The predicted octanol–water partition coefficient (Wildman–Crippen LogP) is 1.54. The van der Waals surface area contributed by atoms with E-state index in [0.717, 1.165) is 6.42 Å². The van der Waals surface area contributed by atoms with Crippen LogP contribution in [0.1, 0.15) is 24.8 Å². The molecule has 1 heterocycles. The number of carbonyl (C=O) groups is 2. The summed E-state index contributed by atoms with van der Waals surface area (Å²) in [5.41, 5.74) is 1.38. The van der Waals surface area contributed by atoms with Crippen LogP contribution in [-0.4, -0.2) is 42.5 Å². The van der Waals surface area contributed by atoms with Crippen molar-refractivity contribution >= 4 is 11.9 Å². The minimum absolute atomic E-state index is 0.126. The first-order chi connectivity index (χ1) is 10.7. The maximum atomic E-state index is 11.5. The van der Waals surface area contributed by atoms with Gasteiger partial charge < -0.3 is 10.6 Å². The molecule has 2 N–H and O–H groups in total. The topological polar surface area (TPSA) is 61.4 Å². The Bertz CT molecular complexity index is 516. The highest BCUT2D eigenvalue weighted by Crippen LogP contribution is 2.28. The summed E-state index contributed by atoms with van der Waals surface area (Å²) in [5, 5.41) is 6.09. The van der Waals surface area contributed by atoms with Gasteiger partial charge in [0.1, 0.15) is 0 Å². The summed E-state index contributed by atoms with van der Waals surface area (Å²) in [5.74, 6) is 0.518. The predicted molar refractivity (Wildman–Crippen MR) is 84.4 cm³/mol. The van der Waals surface area contributed by atoms with Crippen LogP contribution in [0.25, 0.3) is 0 Å². The zero-order valence-corrected chi connectivity index (χ0v) is 12.8. The second-order valence-electron chi connectivity index (χ2n) is 6.15. The molecule has 118 valence electrons. The molecule has 2 atom stereocenters. The highest BCUT2D eigenvalue weighted by Gasteiger charge is 2.30. The van der Waals surface area contributed by atoms with Gasteiger partial charge in [0.15, 0.2) is 0 Å². The normalized spacial score (nSPS) is 24.8. The average molecular weight is 301 g/mol. The number of amides is 3. The van der Waals surface area contributed by atoms with Crippen molar-refractivity contribution in [3.8, 4) is 0 Å². The van der Waals surface area contributed by atoms with E-state index in [9.17, 15) is 9.59 Å². The highest BCUT2D eigenvalue weighted by atomic mass is 16.2. The second-order valence-corrected chi connectivity index (χ2v) is 6.15. The molecule has 1 aromatic rings. The Hall–Kier alpha value is -1.88. The summed E-state index contributed by atoms with van der Waals surface area (Å²) < 4.78 is 0. The number of urea groups is 1. The van der Waals surface area contributed by atoms with E-state index < -0.39 is 0 Å². The largest absolute Gasteiger partial charge is 0.329 e. The molecule has 2 aliphatic rings. The van der Waals surface area contributed by atoms with E-state index >= 15 is 0 Å². The molecule has 1 saturated carbocycles. The molecule has 2 unspecified atom stereocenters. The number of nitrogens with one attached hydrogen (secondary N) is 2. The molecule has 5 heteroatoms. The van der Waals surface area contributed by atoms with Crippen molar-refractivity contribution in [1.82, 2.24) is 15.5 Å². The van der Waals surface area contributed by atoms with Crippen LogP contribution in [0.5, 0.6) is 0 Å². The van der Waals surface area contributed by atoms with E-state index in [1.165, 1.54) is 29.7 Å². The molecule has 1 aromatic carbocycles. The molecular formula is C17H23N3O2. The van der Waals surface area contributed by atoms with E-state index in [4.69, 9.17) is 0 Å². The number of nitrogens with zero attached hydrogens (tertiary/aromatic N) is 1. The monoisotopic (exact) mass is 301 g/mol. The molecular weight excluding hydrogens is 278 g/mol. The lowest BCUT2D eigenvalue weighted by molar-refractivity contribution is -0.124. The lowest BCUT2D eigenvalue weighted by Crippen LogP contribution is -2.41. The molecule has 1 saturated heterocycles. The number of imide groups is 1. The maximum Gasteiger partial charge on any atom is 0.324 e.